The molecule has 0 saturated heterocycles. The highest BCUT2D eigenvalue weighted by molar-refractivity contribution is 5.60. The van der Waals surface area contributed by atoms with Crippen molar-refractivity contribution in [1.82, 2.24) is 0 Å². The fourth-order valence-electron chi connectivity index (χ4n) is 0.222. The quantitative estimate of drug-likeness (QED) is 0.385. The molecule has 0 bridgehead atoms. The molecule has 0 fully saturated rings. The topological polar surface area (TPSA) is 35.5 Å². The molecule has 0 heterocycles. The zero-order valence-electron chi connectivity index (χ0n) is 5.30. The van der Waals surface area contributed by atoms with Crippen molar-refractivity contribution in [3.63, 3.8) is 0 Å². The molecule has 0 saturated carbocycles. The minimum Gasteiger partial charge on any atom is -0.438 e. The third-order valence-corrected chi connectivity index (χ3v) is 0.643. The Bertz CT molecular complexity index is 134. The molecule has 0 aliphatic rings. The molecule has 0 aromatic heterocycles. The summed E-state index contributed by atoms with van der Waals surface area (Å²) in [6.45, 7) is 1.52. The molecule has 1 unspecified atom stereocenters. The molecule has 0 aromatic carbocycles. The van der Waals surface area contributed by atoms with Gasteiger partial charge in [0.25, 0.3) is 0 Å². The molecule has 0 aliphatic heterocycles. The molecule has 9 heavy (non-hydrogen) atoms. The summed E-state index contributed by atoms with van der Waals surface area (Å²) >= 11 is 0. The highest BCUT2D eigenvalue weighted by Gasteiger charge is 2.03. The lowest BCUT2D eigenvalue weighted by molar-refractivity contribution is 0.0603. The molecule has 3 heteroatoms. The Morgan fingerprint density at radius 1 is 1.78 bits per heavy atom. The number of hydrogen-bond acceptors (Lipinski definition) is 3. The third-order valence-electron chi connectivity index (χ3n) is 0.643. The van der Waals surface area contributed by atoms with Crippen LogP contribution in [-0.4, -0.2) is 19.4 Å². The molecule has 0 rings (SSSR count). The van der Waals surface area contributed by atoms with Gasteiger partial charge in [0.1, 0.15) is 0 Å². The van der Waals surface area contributed by atoms with Crippen LogP contribution in [0, 0.1) is 12.3 Å². The Hall–Kier alpha value is -1.17. The largest absolute Gasteiger partial charge is 0.509 e. The lowest BCUT2D eigenvalue weighted by atomic mass is 10.4. The number of hydrogen-bond donors (Lipinski definition) is 0. The van der Waals surface area contributed by atoms with Gasteiger partial charge in [-0.3, -0.25) is 0 Å². The number of methoxy groups -OCH3 is 1. The second-order valence-corrected chi connectivity index (χ2v) is 1.36. The van der Waals surface area contributed by atoms with Crippen molar-refractivity contribution in [3.05, 3.63) is 6.42 Å². The van der Waals surface area contributed by atoms with E-state index in [9.17, 15) is 4.79 Å². The van der Waals surface area contributed by atoms with Crippen LogP contribution in [0.5, 0.6) is 0 Å². The summed E-state index contributed by atoms with van der Waals surface area (Å²) in [6.07, 6.45) is 5.08. The van der Waals surface area contributed by atoms with Gasteiger partial charge in [0.05, 0.1) is 7.11 Å². The van der Waals surface area contributed by atoms with Crippen LogP contribution in [0.2, 0.25) is 0 Å². The van der Waals surface area contributed by atoms with Crippen molar-refractivity contribution in [2.75, 3.05) is 7.11 Å². The first-order chi connectivity index (χ1) is 4.20. The van der Waals surface area contributed by atoms with Gasteiger partial charge in [-0.1, -0.05) is 0 Å². The molecule has 0 spiro atoms. The van der Waals surface area contributed by atoms with Crippen LogP contribution in [0.25, 0.3) is 0 Å². The first-order valence-electron chi connectivity index (χ1n) is 2.37. The zero-order chi connectivity index (χ0) is 7.28. The van der Waals surface area contributed by atoms with E-state index in [0.29, 0.717) is 0 Å². The van der Waals surface area contributed by atoms with Crippen LogP contribution in [-0.2, 0) is 9.47 Å². The van der Waals surface area contributed by atoms with E-state index in [4.69, 9.17) is 6.42 Å². The molecule has 1 atom stereocenters. The monoisotopic (exact) mass is 127 g/mol. The normalized spacial score (nSPS) is 11.2. The molecule has 0 N–H and O–H groups in total. The van der Waals surface area contributed by atoms with Gasteiger partial charge in [0.2, 0.25) is 0 Å². The molecular weight excluding hydrogens is 120 g/mol. The van der Waals surface area contributed by atoms with E-state index in [2.05, 4.69) is 9.47 Å². The fourth-order valence-corrected chi connectivity index (χ4v) is 0.222. The van der Waals surface area contributed by atoms with Crippen LogP contribution < -0.4 is 0 Å². The van der Waals surface area contributed by atoms with Crippen LogP contribution in [0.1, 0.15) is 6.92 Å². The standard InChI is InChI=1S/C6H7O3/c1-4-5(2)9-6(7)8-3/h5H,2-3H3. The minimum atomic E-state index is -0.790. The van der Waals surface area contributed by atoms with Gasteiger partial charge in [-0.2, -0.15) is 0 Å². The van der Waals surface area contributed by atoms with E-state index in [1.54, 1.807) is 0 Å². The SMILES string of the molecule is [C]#CC(C)OC(=O)OC. The highest BCUT2D eigenvalue weighted by atomic mass is 16.7. The number of carbonyl (C=O) groups excluding carboxylic acids is 1. The van der Waals surface area contributed by atoms with Gasteiger partial charge in [0.15, 0.2) is 6.10 Å². The second-order valence-electron chi connectivity index (χ2n) is 1.36. The molecule has 49 valence electrons. The summed E-state index contributed by atoms with van der Waals surface area (Å²) in [4.78, 5) is 10.2. The summed E-state index contributed by atoms with van der Waals surface area (Å²) in [6, 6.07) is 0. The lowest BCUT2D eigenvalue weighted by Crippen LogP contribution is -2.12. The van der Waals surface area contributed by atoms with Crippen LogP contribution in [0.3, 0.4) is 0 Å². The second kappa shape index (κ2) is 3.79. The van der Waals surface area contributed by atoms with Crippen LogP contribution in [0.15, 0.2) is 0 Å². The maximum atomic E-state index is 10.2. The third kappa shape index (κ3) is 3.42. The number of rotatable bonds is 1. The smallest absolute Gasteiger partial charge is 0.438 e. The van der Waals surface area contributed by atoms with E-state index >= 15 is 0 Å². The zero-order valence-corrected chi connectivity index (χ0v) is 5.30. The minimum absolute atomic E-state index is 0.627. The predicted molar refractivity (Wildman–Crippen MR) is 30.1 cm³/mol. The van der Waals surface area contributed by atoms with Gasteiger partial charge >= 0.3 is 6.16 Å². The summed E-state index contributed by atoms with van der Waals surface area (Å²) in [5.74, 6) is 1.96. The lowest BCUT2D eigenvalue weighted by Gasteiger charge is -2.03. The highest BCUT2D eigenvalue weighted by Crippen LogP contribution is 1.89. The first kappa shape index (κ1) is 7.83. The molecule has 0 amide bonds. The molecule has 1 radical (unpaired) electrons. The van der Waals surface area contributed by atoms with E-state index in [0.717, 1.165) is 0 Å². The van der Waals surface area contributed by atoms with E-state index in [1.807, 2.05) is 5.92 Å². The molecule has 3 nitrogen and oxygen atoms in total. The number of carbonyl (C=O) groups is 1. The van der Waals surface area contributed by atoms with Gasteiger partial charge in [-0.05, 0) is 19.3 Å². The van der Waals surface area contributed by atoms with E-state index in [1.165, 1.54) is 14.0 Å². The first-order valence-corrected chi connectivity index (χ1v) is 2.37. The van der Waals surface area contributed by atoms with Gasteiger partial charge in [-0.15, -0.1) is 0 Å². The Kier molecular flexibility index (Phi) is 3.29. The predicted octanol–water partition coefficient (Wildman–Crippen LogP) is 0.748. The van der Waals surface area contributed by atoms with Crippen molar-refractivity contribution in [2.24, 2.45) is 0 Å². The maximum Gasteiger partial charge on any atom is 0.509 e. The van der Waals surface area contributed by atoms with Crippen molar-refractivity contribution in [3.8, 4) is 5.92 Å². The van der Waals surface area contributed by atoms with Crippen molar-refractivity contribution >= 4 is 6.16 Å². The van der Waals surface area contributed by atoms with Crippen LogP contribution in [0.4, 0.5) is 4.79 Å². The summed E-state index contributed by atoms with van der Waals surface area (Å²) in [7, 11) is 1.21. The molecule has 0 aliphatic carbocycles. The van der Waals surface area contributed by atoms with Crippen molar-refractivity contribution in [2.45, 2.75) is 13.0 Å². The van der Waals surface area contributed by atoms with Gasteiger partial charge < -0.3 is 9.47 Å². The number of ether oxygens (including phenoxy) is 2. The molecule has 0 aromatic rings. The average molecular weight is 127 g/mol. The fraction of sp³-hybridized carbons (Fsp3) is 0.500. The van der Waals surface area contributed by atoms with E-state index in [-0.39, 0.29) is 0 Å². The maximum absolute atomic E-state index is 10.2. The summed E-state index contributed by atoms with van der Waals surface area (Å²) in [5, 5.41) is 0. The van der Waals surface area contributed by atoms with Gasteiger partial charge in [-0.25, -0.2) is 4.79 Å². The Morgan fingerprint density at radius 3 is 2.67 bits per heavy atom. The Morgan fingerprint density at radius 2 is 2.33 bits per heavy atom. The Labute approximate surface area is 54.0 Å². The summed E-state index contributed by atoms with van der Waals surface area (Å²) in [5.41, 5.74) is 0. The molecular formula is C6H7O3. The van der Waals surface area contributed by atoms with Gasteiger partial charge in [0, 0.05) is 0 Å². The van der Waals surface area contributed by atoms with E-state index < -0.39 is 12.3 Å². The van der Waals surface area contributed by atoms with Crippen molar-refractivity contribution in [1.29, 1.82) is 0 Å². The van der Waals surface area contributed by atoms with Crippen molar-refractivity contribution < 1.29 is 14.3 Å². The van der Waals surface area contributed by atoms with Crippen LogP contribution >= 0.6 is 0 Å². The Balaban J connectivity index is 3.50. The average Bonchev–Trinajstić information content (AvgIpc) is 1.87. The summed E-state index contributed by atoms with van der Waals surface area (Å²) < 4.78 is 8.53.